The van der Waals surface area contributed by atoms with Gasteiger partial charge in [0.25, 0.3) is 5.56 Å². The van der Waals surface area contributed by atoms with E-state index >= 15 is 0 Å². The molecule has 5 aromatic rings. The van der Waals surface area contributed by atoms with Crippen molar-refractivity contribution in [2.24, 2.45) is 0 Å². The fraction of sp³-hybridized carbons (Fsp3) is 0.0909. The number of nitrogens with zero attached hydrogens (tertiary/aromatic N) is 4. The van der Waals surface area contributed by atoms with Crippen molar-refractivity contribution in [2.45, 2.75) is 10.9 Å². The Bertz CT molecular complexity index is 1460. The molecule has 0 spiro atoms. The second-order valence-corrected chi connectivity index (χ2v) is 9.08. The fourth-order valence-electron chi connectivity index (χ4n) is 3.26. The van der Waals surface area contributed by atoms with Crippen LogP contribution in [0.15, 0.2) is 69.9 Å². The molecule has 0 saturated carbocycles. The fourth-order valence-corrected chi connectivity index (χ4v) is 4.93. The Morgan fingerprint density at radius 1 is 1.16 bits per heavy atom. The quantitative estimate of drug-likeness (QED) is 0.336. The summed E-state index contributed by atoms with van der Waals surface area (Å²) in [7, 11) is 1.63. The van der Waals surface area contributed by atoms with Crippen molar-refractivity contribution in [3.8, 4) is 22.8 Å². The number of methoxy groups -OCH3 is 1. The first-order valence-corrected chi connectivity index (χ1v) is 11.8. The van der Waals surface area contributed by atoms with E-state index in [0.29, 0.717) is 37.8 Å². The summed E-state index contributed by atoms with van der Waals surface area (Å²) in [6, 6.07) is 17.0. The van der Waals surface area contributed by atoms with Crippen LogP contribution in [0.3, 0.4) is 0 Å². The molecule has 0 aliphatic carbocycles. The smallest absolute Gasteiger partial charge is 0.268 e. The van der Waals surface area contributed by atoms with Gasteiger partial charge in [-0.2, -0.15) is 0 Å². The Morgan fingerprint density at radius 3 is 2.81 bits per heavy atom. The first-order valence-electron chi connectivity index (χ1n) is 9.57. The minimum Gasteiger partial charge on any atom is -0.497 e. The molecular weight excluding hydrogens is 466 g/mol. The molecule has 0 amide bonds. The van der Waals surface area contributed by atoms with Crippen LogP contribution >= 0.6 is 34.7 Å². The van der Waals surface area contributed by atoms with Gasteiger partial charge in [0.2, 0.25) is 0 Å². The SMILES string of the molecule is COc1cccc(-c2nnc(SCc3nc4ccsc4c(=O)[nH]3)n2-c2ccc(Cl)cc2)c1. The summed E-state index contributed by atoms with van der Waals surface area (Å²) in [6.45, 7) is 0. The van der Waals surface area contributed by atoms with E-state index in [1.54, 1.807) is 7.11 Å². The van der Waals surface area contributed by atoms with Gasteiger partial charge in [-0.3, -0.25) is 9.36 Å². The predicted molar refractivity (Wildman–Crippen MR) is 128 cm³/mol. The number of aromatic nitrogens is 5. The van der Waals surface area contributed by atoms with Crippen molar-refractivity contribution in [1.82, 2.24) is 24.7 Å². The van der Waals surface area contributed by atoms with Gasteiger partial charge in [-0.15, -0.1) is 21.5 Å². The molecule has 3 heterocycles. The number of thiophene rings is 1. The third-order valence-electron chi connectivity index (χ3n) is 4.75. The molecule has 0 saturated heterocycles. The molecule has 160 valence electrons. The van der Waals surface area contributed by atoms with Crippen LogP contribution in [-0.4, -0.2) is 31.8 Å². The zero-order valence-corrected chi connectivity index (χ0v) is 19.2. The molecular formula is C22H16ClN5O2S2. The largest absolute Gasteiger partial charge is 0.497 e. The lowest BCUT2D eigenvalue weighted by molar-refractivity contribution is 0.415. The van der Waals surface area contributed by atoms with Crippen molar-refractivity contribution in [2.75, 3.05) is 7.11 Å². The molecule has 5 rings (SSSR count). The first-order chi connectivity index (χ1) is 15.6. The predicted octanol–water partition coefficient (Wildman–Crippen LogP) is 5.19. The summed E-state index contributed by atoms with van der Waals surface area (Å²) in [4.78, 5) is 19.7. The van der Waals surface area contributed by atoms with E-state index in [0.717, 1.165) is 17.0 Å². The molecule has 0 atom stereocenters. The number of hydrogen-bond acceptors (Lipinski definition) is 7. The van der Waals surface area contributed by atoms with Crippen LogP contribution in [0.5, 0.6) is 5.75 Å². The highest BCUT2D eigenvalue weighted by atomic mass is 35.5. The van der Waals surface area contributed by atoms with Gasteiger partial charge in [0.15, 0.2) is 11.0 Å². The lowest BCUT2D eigenvalue weighted by Crippen LogP contribution is -2.09. The summed E-state index contributed by atoms with van der Waals surface area (Å²) in [5, 5.41) is 12.0. The minimum absolute atomic E-state index is 0.128. The van der Waals surface area contributed by atoms with Crippen LogP contribution in [0, 0.1) is 0 Å². The highest BCUT2D eigenvalue weighted by Gasteiger charge is 2.17. The number of hydrogen-bond donors (Lipinski definition) is 1. The number of benzene rings is 2. The van der Waals surface area contributed by atoms with Crippen LogP contribution in [0.2, 0.25) is 5.02 Å². The Balaban J connectivity index is 1.54. The molecule has 10 heteroatoms. The topological polar surface area (TPSA) is 85.7 Å². The number of halogens is 1. The summed E-state index contributed by atoms with van der Waals surface area (Å²) >= 11 is 8.92. The summed E-state index contributed by atoms with van der Waals surface area (Å²) in [5.74, 6) is 2.42. The van der Waals surface area contributed by atoms with E-state index in [2.05, 4.69) is 20.2 Å². The van der Waals surface area contributed by atoms with E-state index in [-0.39, 0.29) is 5.56 Å². The van der Waals surface area contributed by atoms with Crippen molar-refractivity contribution < 1.29 is 4.74 Å². The summed E-state index contributed by atoms with van der Waals surface area (Å²) in [5.41, 5.74) is 2.31. The number of fused-ring (bicyclic) bond motifs is 1. The van der Waals surface area contributed by atoms with E-state index in [9.17, 15) is 4.79 Å². The average molecular weight is 482 g/mol. The van der Waals surface area contributed by atoms with Gasteiger partial charge in [-0.05, 0) is 47.8 Å². The lowest BCUT2D eigenvalue weighted by Gasteiger charge is -2.11. The van der Waals surface area contributed by atoms with Gasteiger partial charge in [0, 0.05) is 16.3 Å². The van der Waals surface area contributed by atoms with E-state index in [1.165, 1.54) is 23.1 Å². The van der Waals surface area contributed by atoms with Gasteiger partial charge in [-0.1, -0.05) is 35.5 Å². The van der Waals surface area contributed by atoms with Gasteiger partial charge >= 0.3 is 0 Å². The van der Waals surface area contributed by atoms with Crippen molar-refractivity contribution in [3.63, 3.8) is 0 Å². The molecule has 0 fully saturated rings. The molecule has 2 aromatic carbocycles. The Kier molecular flexibility index (Phi) is 5.69. The monoisotopic (exact) mass is 481 g/mol. The molecule has 0 unspecified atom stereocenters. The van der Waals surface area contributed by atoms with Crippen molar-refractivity contribution in [1.29, 1.82) is 0 Å². The van der Waals surface area contributed by atoms with E-state index < -0.39 is 0 Å². The number of thioether (sulfide) groups is 1. The number of rotatable bonds is 6. The van der Waals surface area contributed by atoms with Gasteiger partial charge in [0.05, 0.1) is 18.4 Å². The molecule has 0 radical (unpaired) electrons. The maximum Gasteiger partial charge on any atom is 0.268 e. The zero-order chi connectivity index (χ0) is 22.1. The number of nitrogens with one attached hydrogen (secondary N) is 1. The molecule has 32 heavy (non-hydrogen) atoms. The molecule has 1 N–H and O–H groups in total. The van der Waals surface area contributed by atoms with Gasteiger partial charge < -0.3 is 9.72 Å². The molecule has 3 aromatic heterocycles. The number of H-pyrrole nitrogens is 1. The van der Waals surface area contributed by atoms with Crippen LogP contribution in [0.25, 0.3) is 27.3 Å². The summed E-state index contributed by atoms with van der Waals surface area (Å²) in [6.07, 6.45) is 0. The third-order valence-corrected chi connectivity index (χ3v) is 6.84. The second kappa shape index (κ2) is 8.78. The normalized spacial score (nSPS) is 11.2. The standard InChI is InChI=1S/C22H16ClN5O2S2/c1-30-16-4-2-3-13(11-16)20-26-27-22(28(20)15-7-5-14(23)6-8-15)32-12-18-24-17-9-10-31-19(17)21(29)25-18/h2-11H,12H2,1H3,(H,24,25,29). The molecule has 0 aliphatic rings. The first kappa shape index (κ1) is 20.7. The maximum absolute atomic E-state index is 12.3. The van der Waals surface area contributed by atoms with Crippen molar-refractivity contribution >= 4 is 44.9 Å². The third kappa shape index (κ3) is 4.02. The Hall–Kier alpha value is -3.14. The zero-order valence-electron chi connectivity index (χ0n) is 16.8. The van der Waals surface area contributed by atoms with Crippen LogP contribution < -0.4 is 10.3 Å². The highest BCUT2D eigenvalue weighted by Crippen LogP contribution is 2.31. The lowest BCUT2D eigenvalue weighted by atomic mass is 10.2. The second-order valence-electron chi connectivity index (χ2n) is 6.79. The van der Waals surface area contributed by atoms with Gasteiger partial charge in [0.1, 0.15) is 16.3 Å². The summed E-state index contributed by atoms with van der Waals surface area (Å²) < 4.78 is 7.95. The number of ether oxygens (including phenoxy) is 1. The maximum atomic E-state index is 12.3. The Labute approximate surface area is 196 Å². The van der Waals surface area contributed by atoms with Crippen molar-refractivity contribution in [3.05, 3.63) is 81.2 Å². The minimum atomic E-state index is -0.128. The van der Waals surface area contributed by atoms with Crippen LogP contribution in [0.4, 0.5) is 0 Å². The molecule has 0 bridgehead atoms. The molecule has 7 nitrogen and oxygen atoms in total. The van der Waals surface area contributed by atoms with E-state index in [1.807, 2.05) is 64.5 Å². The Morgan fingerprint density at radius 2 is 2.00 bits per heavy atom. The van der Waals surface area contributed by atoms with Crippen LogP contribution in [0.1, 0.15) is 5.82 Å². The van der Waals surface area contributed by atoms with Gasteiger partial charge in [-0.25, -0.2) is 4.98 Å². The number of aromatic amines is 1. The highest BCUT2D eigenvalue weighted by molar-refractivity contribution is 7.98. The average Bonchev–Trinajstić information content (AvgIpc) is 3.46. The van der Waals surface area contributed by atoms with E-state index in [4.69, 9.17) is 16.3 Å². The molecule has 0 aliphatic heterocycles. The van der Waals surface area contributed by atoms with Crippen LogP contribution in [-0.2, 0) is 5.75 Å².